The molecular weight excluding hydrogens is 258 g/mol. The van der Waals surface area contributed by atoms with E-state index in [9.17, 15) is 9.59 Å². The first-order valence-electron chi connectivity index (χ1n) is 6.68. The minimum atomic E-state index is -0.312. The van der Waals surface area contributed by atoms with Gasteiger partial charge >= 0.3 is 0 Å². The third-order valence-corrected chi connectivity index (χ3v) is 2.98. The lowest BCUT2D eigenvalue weighted by molar-refractivity contribution is -0.127. The Labute approximate surface area is 117 Å². The number of carbonyl (C=O) groups is 2. The Hall–Kier alpha value is -2.08. The molecule has 1 aliphatic heterocycles. The van der Waals surface area contributed by atoms with E-state index in [0.717, 1.165) is 19.5 Å². The van der Waals surface area contributed by atoms with Crippen LogP contribution in [0.25, 0.3) is 0 Å². The molecule has 1 atom stereocenters. The Morgan fingerprint density at radius 2 is 2.05 bits per heavy atom. The van der Waals surface area contributed by atoms with Crippen LogP contribution < -0.4 is 20.7 Å². The maximum Gasteiger partial charge on any atom is 0.258 e. The summed E-state index contributed by atoms with van der Waals surface area (Å²) in [6.07, 6.45) is 0.927. The molecule has 1 fully saturated rings. The topological polar surface area (TPSA) is 79.5 Å². The van der Waals surface area contributed by atoms with Gasteiger partial charge in [0.1, 0.15) is 5.75 Å². The molecular formula is C14H19N3O3. The van der Waals surface area contributed by atoms with E-state index < -0.39 is 0 Å². The summed E-state index contributed by atoms with van der Waals surface area (Å²) in [5, 5.41) is 8.54. The van der Waals surface area contributed by atoms with Gasteiger partial charge in [0.15, 0.2) is 6.61 Å². The lowest BCUT2D eigenvalue weighted by atomic mass is 10.2. The third kappa shape index (κ3) is 4.89. The average molecular weight is 277 g/mol. The highest BCUT2D eigenvalue weighted by Crippen LogP contribution is 2.07. The first-order valence-corrected chi connectivity index (χ1v) is 6.68. The lowest BCUT2D eigenvalue weighted by Crippen LogP contribution is -2.43. The summed E-state index contributed by atoms with van der Waals surface area (Å²) in [5.74, 6) is 0.143. The van der Waals surface area contributed by atoms with Crippen molar-refractivity contribution >= 4 is 11.8 Å². The second-order valence-corrected chi connectivity index (χ2v) is 4.64. The molecule has 1 aromatic rings. The summed E-state index contributed by atoms with van der Waals surface area (Å²) in [6, 6.07) is 9.24. The van der Waals surface area contributed by atoms with Crippen LogP contribution in [-0.2, 0) is 9.59 Å². The van der Waals surface area contributed by atoms with Crippen molar-refractivity contribution < 1.29 is 14.3 Å². The molecule has 2 rings (SSSR count). The van der Waals surface area contributed by atoms with Gasteiger partial charge in [-0.15, -0.1) is 0 Å². The summed E-state index contributed by atoms with van der Waals surface area (Å²) in [7, 11) is 0. The Kier molecular flexibility index (Phi) is 5.37. The van der Waals surface area contributed by atoms with Crippen molar-refractivity contribution in [1.29, 1.82) is 0 Å². The minimum Gasteiger partial charge on any atom is -0.484 e. The van der Waals surface area contributed by atoms with Crippen LogP contribution in [0.3, 0.4) is 0 Å². The Bertz CT molecular complexity index is 444. The molecule has 3 N–H and O–H groups in total. The van der Waals surface area contributed by atoms with Crippen LogP contribution in [0.2, 0.25) is 0 Å². The van der Waals surface area contributed by atoms with Crippen molar-refractivity contribution in [3.8, 4) is 5.75 Å². The van der Waals surface area contributed by atoms with Gasteiger partial charge < -0.3 is 20.7 Å². The van der Waals surface area contributed by atoms with Gasteiger partial charge in [-0.3, -0.25) is 9.59 Å². The Morgan fingerprint density at radius 1 is 1.25 bits per heavy atom. The van der Waals surface area contributed by atoms with E-state index >= 15 is 0 Å². The molecule has 20 heavy (non-hydrogen) atoms. The van der Waals surface area contributed by atoms with E-state index in [0.29, 0.717) is 5.75 Å². The lowest BCUT2D eigenvalue weighted by Gasteiger charge is -2.12. The molecule has 0 aliphatic carbocycles. The quantitative estimate of drug-likeness (QED) is 0.664. The zero-order valence-corrected chi connectivity index (χ0v) is 11.2. The van der Waals surface area contributed by atoms with E-state index in [2.05, 4.69) is 16.0 Å². The molecule has 0 aromatic heterocycles. The number of nitrogens with one attached hydrogen (secondary N) is 3. The average Bonchev–Trinajstić information content (AvgIpc) is 2.97. The number of ether oxygens (including phenoxy) is 1. The summed E-state index contributed by atoms with van der Waals surface area (Å²) < 4.78 is 5.28. The van der Waals surface area contributed by atoms with Crippen molar-refractivity contribution in [2.45, 2.75) is 12.5 Å². The smallest absolute Gasteiger partial charge is 0.258 e. The van der Waals surface area contributed by atoms with Crippen LogP contribution in [0.4, 0.5) is 0 Å². The maximum absolute atomic E-state index is 11.6. The van der Waals surface area contributed by atoms with Gasteiger partial charge in [0.05, 0.1) is 6.54 Å². The van der Waals surface area contributed by atoms with Crippen LogP contribution >= 0.6 is 0 Å². The molecule has 1 heterocycles. The van der Waals surface area contributed by atoms with Gasteiger partial charge in [-0.2, -0.15) is 0 Å². The van der Waals surface area contributed by atoms with E-state index in [-0.39, 0.29) is 31.0 Å². The fourth-order valence-electron chi connectivity index (χ4n) is 1.95. The van der Waals surface area contributed by atoms with Gasteiger partial charge in [0.2, 0.25) is 5.91 Å². The Morgan fingerprint density at radius 3 is 2.75 bits per heavy atom. The molecule has 6 heteroatoms. The Balaban J connectivity index is 1.61. The molecule has 1 aliphatic rings. The molecule has 0 spiro atoms. The SMILES string of the molecule is O=C(COc1ccccc1)NCC(=O)NC1CCNC1. The highest BCUT2D eigenvalue weighted by molar-refractivity contribution is 5.85. The molecule has 6 nitrogen and oxygen atoms in total. The van der Waals surface area contributed by atoms with Crippen molar-refractivity contribution in [3.63, 3.8) is 0 Å². The molecule has 0 radical (unpaired) electrons. The van der Waals surface area contributed by atoms with Gasteiger partial charge in [0, 0.05) is 12.6 Å². The standard InChI is InChI=1S/C14H19N3O3/c18-13(17-11-6-7-15-8-11)9-16-14(19)10-20-12-4-2-1-3-5-12/h1-5,11,15H,6-10H2,(H,16,19)(H,17,18). The molecule has 0 bridgehead atoms. The van der Waals surface area contributed by atoms with Crippen LogP contribution in [-0.4, -0.2) is 44.1 Å². The number of amides is 2. The van der Waals surface area contributed by atoms with Gasteiger partial charge in [-0.05, 0) is 25.1 Å². The van der Waals surface area contributed by atoms with Gasteiger partial charge in [-0.1, -0.05) is 18.2 Å². The first kappa shape index (κ1) is 14.3. The third-order valence-electron chi connectivity index (χ3n) is 2.98. The van der Waals surface area contributed by atoms with Crippen LogP contribution in [0.5, 0.6) is 5.75 Å². The zero-order valence-electron chi connectivity index (χ0n) is 11.2. The predicted molar refractivity (Wildman–Crippen MR) is 74.4 cm³/mol. The van der Waals surface area contributed by atoms with Crippen molar-refractivity contribution in [3.05, 3.63) is 30.3 Å². The van der Waals surface area contributed by atoms with Crippen molar-refractivity contribution in [1.82, 2.24) is 16.0 Å². The molecule has 1 aromatic carbocycles. The normalized spacial score (nSPS) is 17.5. The zero-order chi connectivity index (χ0) is 14.2. The number of rotatable bonds is 6. The van der Waals surface area contributed by atoms with Gasteiger partial charge in [-0.25, -0.2) is 0 Å². The second-order valence-electron chi connectivity index (χ2n) is 4.64. The minimum absolute atomic E-state index is 0.0204. The van der Waals surface area contributed by atoms with E-state index in [4.69, 9.17) is 4.74 Å². The summed E-state index contributed by atoms with van der Waals surface area (Å²) >= 11 is 0. The van der Waals surface area contributed by atoms with Crippen LogP contribution in [0.15, 0.2) is 30.3 Å². The highest BCUT2D eigenvalue weighted by atomic mass is 16.5. The molecule has 2 amide bonds. The highest BCUT2D eigenvalue weighted by Gasteiger charge is 2.16. The molecule has 1 saturated heterocycles. The van der Waals surface area contributed by atoms with Crippen LogP contribution in [0, 0.1) is 0 Å². The van der Waals surface area contributed by atoms with Gasteiger partial charge in [0.25, 0.3) is 5.91 Å². The summed E-state index contributed by atoms with van der Waals surface area (Å²) in [5.41, 5.74) is 0. The second kappa shape index (κ2) is 7.49. The number of hydrogen-bond acceptors (Lipinski definition) is 4. The van der Waals surface area contributed by atoms with Crippen molar-refractivity contribution in [2.24, 2.45) is 0 Å². The van der Waals surface area contributed by atoms with E-state index in [1.54, 1.807) is 12.1 Å². The number of hydrogen-bond donors (Lipinski definition) is 3. The monoisotopic (exact) mass is 277 g/mol. The summed E-state index contributed by atoms with van der Waals surface area (Å²) in [6.45, 7) is 1.59. The fourth-order valence-corrected chi connectivity index (χ4v) is 1.95. The molecule has 0 saturated carbocycles. The number of benzene rings is 1. The summed E-state index contributed by atoms with van der Waals surface area (Å²) in [4.78, 5) is 23.1. The number of para-hydroxylation sites is 1. The number of carbonyl (C=O) groups excluding carboxylic acids is 2. The van der Waals surface area contributed by atoms with Crippen LogP contribution in [0.1, 0.15) is 6.42 Å². The van der Waals surface area contributed by atoms with Crippen molar-refractivity contribution in [2.75, 3.05) is 26.2 Å². The largest absolute Gasteiger partial charge is 0.484 e. The predicted octanol–water partition coefficient (Wildman–Crippen LogP) is -0.340. The first-order chi connectivity index (χ1) is 9.74. The maximum atomic E-state index is 11.6. The molecule has 1 unspecified atom stereocenters. The molecule has 108 valence electrons. The van der Waals surface area contributed by atoms with E-state index in [1.165, 1.54) is 0 Å². The van der Waals surface area contributed by atoms with E-state index in [1.807, 2.05) is 18.2 Å². The fraction of sp³-hybridized carbons (Fsp3) is 0.429.